The molecule has 202 valence electrons. The fourth-order valence-electron chi connectivity index (χ4n) is 3.98. The summed E-state index contributed by atoms with van der Waals surface area (Å²) >= 11 is 12.4. The average molecular weight is 577 g/mol. The average Bonchev–Trinajstić information content (AvgIpc) is 2.88. The molecule has 0 saturated carbocycles. The van der Waals surface area contributed by atoms with E-state index >= 15 is 0 Å². The van der Waals surface area contributed by atoms with Gasteiger partial charge in [0, 0.05) is 23.6 Å². The summed E-state index contributed by atoms with van der Waals surface area (Å²) in [5.74, 6) is -0.966. The number of likely N-dealkylation sites (N-methyl/N-ethyl adjacent to an activating group) is 1. The lowest BCUT2D eigenvalue weighted by atomic mass is 10.1. The van der Waals surface area contributed by atoms with Crippen LogP contribution in [0.15, 0.2) is 65.6 Å². The summed E-state index contributed by atoms with van der Waals surface area (Å²) < 4.78 is 28.9. The molecule has 0 aliphatic heterocycles. The molecule has 0 bridgehead atoms. The van der Waals surface area contributed by atoms with Gasteiger partial charge in [-0.05, 0) is 74.7 Å². The second-order valence-electron chi connectivity index (χ2n) is 9.09. The molecule has 0 aliphatic carbocycles. The van der Waals surface area contributed by atoms with Crippen LogP contribution in [0.4, 0.5) is 5.69 Å². The Bertz CT molecular complexity index is 1440. The van der Waals surface area contributed by atoms with E-state index in [0.717, 1.165) is 21.0 Å². The lowest BCUT2D eigenvalue weighted by Crippen LogP contribution is -2.50. The first-order chi connectivity index (χ1) is 17.9. The second kappa shape index (κ2) is 12.2. The summed E-state index contributed by atoms with van der Waals surface area (Å²) in [6, 6.07) is 15.7. The van der Waals surface area contributed by atoms with Gasteiger partial charge in [-0.15, -0.1) is 0 Å². The molecular weight excluding hydrogens is 545 g/mol. The van der Waals surface area contributed by atoms with E-state index in [1.165, 1.54) is 24.1 Å². The normalized spacial score (nSPS) is 12.1. The number of hydrogen-bond acceptors (Lipinski definition) is 4. The van der Waals surface area contributed by atoms with Crippen molar-refractivity contribution in [3.05, 3.63) is 93.0 Å². The molecule has 0 aliphatic rings. The van der Waals surface area contributed by atoms with Crippen molar-refractivity contribution in [3.63, 3.8) is 0 Å². The minimum Gasteiger partial charge on any atom is -0.357 e. The Labute approximate surface area is 234 Å². The van der Waals surface area contributed by atoms with E-state index in [2.05, 4.69) is 5.32 Å². The Hall–Kier alpha value is -3.07. The van der Waals surface area contributed by atoms with Crippen molar-refractivity contribution < 1.29 is 18.0 Å². The summed E-state index contributed by atoms with van der Waals surface area (Å²) in [5, 5.41) is 3.32. The van der Waals surface area contributed by atoms with Crippen molar-refractivity contribution in [2.75, 3.05) is 17.9 Å². The molecule has 1 atom stereocenters. The van der Waals surface area contributed by atoms with E-state index in [9.17, 15) is 18.0 Å². The third-order valence-electron chi connectivity index (χ3n) is 6.50. The molecule has 7 nitrogen and oxygen atoms in total. The summed E-state index contributed by atoms with van der Waals surface area (Å²) in [5.41, 5.74) is 3.46. The van der Waals surface area contributed by atoms with Gasteiger partial charge in [-0.3, -0.25) is 13.9 Å². The number of hydrogen-bond donors (Lipinski definition) is 1. The monoisotopic (exact) mass is 575 g/mol. The summed E-state index contributed by atoms with van der Waals surface area (Å²) in [4.78, 5) is 27.8. The van der Waals surface area contributed by atoms with Crippen LogP contribution in [0.3, 0.4) is 0 Å². The fourth-order valence-corrected chi connectivity index (χ4v) is 5.92. The molecule has 1 N–H and O–H groups in total. The Morgan fingerprint density at radius 3 is 2.24 bits per heavy atom. The van der Waals surface area contributed by atoms with Crippen LogP contribution >= 0.6 is 23.2 Å². The van der Waals surface area contributed by atoms with Crippen LogP contribution in [0.1, 0.15) is 29.2 Å². The van der Waals surface area contributed by atoms with Crippen LogP contribution in [0, 0.1) is 20.8 Å². The Kier molecular flexibility index (Phi) is 9.46. The van der Waals surface area contributed by atoms with Crippen LogP contribution in [0.25, 0.3) is 0 Å². The minimum atomic E-state index is -4.14. The number of nitrogens with zero attached hydrogens (tertiary/aromatic N) is 2. The van der Waals surface area contributed by atoms with E-state index in [4.69, 9.17) is 23.2 Å². The van der Waals surface area contributed by atoms with E-state index < -0.39 is 34.4 Å². The number of anilines is 1. The molecule has 3 rings (SSSR count). The molecule has 3 aromatic rings. The highest BCUT2D eigenvalue weighted by molar-refractivity contribution is 7.92. The van der Waals surface area contributed by atoms with E-state index in [1.54, 1.807) is 49.4 Å². The number of rotatable bonds is 9. The summed E-state index contributed by atoms with van der Waals surface area (Å²) in [7, 11) is -2.66. The number of carbonyl (C=O) groups excluding carboxylic acids is 2. The molecule has 0 spiro atoms. The van der Waals surface area contributed by atoms with E-state index in [1.807, 2.05) is 26.8 Å². The van der Waals surface area contributed by atoms with Crippen molar-refractivity contribution in [1.82, 2.24) is 10.2 Å². The van der Waals surface area contributed by atoms with Gasteiger partial charge in [0.1, 0.15) is 12.6 Å². The molecule has 0 radical (unpaired) electrons. The quantitative estimate of drug-likeness (QED) is 0.376. The predicted molar refractivity (Wildman–Crippen MR) is 152 cm³/mol. The standard InChI is InChI=1S/C28H31Cl2N3O4S/c1-18-9-13-24(14-10-18)38(36,37)33(26-8-6-7-19(2)20(26)3)17-27(34)32(21(4)28(35)31-5)16-22-11-12-23(29)15-25(22)30/h6-15,21H,16-17H2,1-5H3,(H,31,35)/t21-/m1/s1. The number of aryl methyl sites for hydroxylation is 2. The van der Waals surface area contributed by atoms with E-state index in [0.29, 0.717) is 21.3 Å². The molecule has 0 heterocycles. The Morgan fingerprint density at radius 1 is 0.974 bits per heavy atom. The first kappa shape index (κ1) is 29.5. The number of nitrogens with one attached hydrogen (secondary N) is 1. The molecule has 2 amide bonds. The molecule has 0 fully saturated rings. The fraction of sp³-hybridized carbons (Fsp3) is 0.286. The molecule has 0 saturated heterocycles. The van der Waals surface area contributed by atoms with Crippen LogP contribution in [-0.4, -0.2) is 44.8 Å². The third-order valence-corrected chi connectivity index (χ3v) is 8.86. The van der Waals surface area contributed by atoms with Crippen molar-refractivity contribution in [3.8, 4) is 0 Å². The number of halogens is 2. The number of carbonyl (C=O) groups is 2. The maximum atomic E-state index is 13.9. The summed E-state index contributed by atoms with van der Waals surface area (Å²) in [6.45, 7) is 6.59. The van der Waals surface area contributed by atoms with Crippen LogP contribution in [0.5, 0.6) is 0 Å². The molecule has 3 aromatic carbocycles. The zero-order chi connectivity index (χ0) is 28.2. The highest BCUT2D eigenvalue weighted by Gasteiger charge is 2.33. The number of amides is 2. The van der Waals surface area contributed by atoms with Crippen molar-refractivity contribution in [2.45, 2.75) is 45.2 Å². The molecule has 0 unspecified atom stereocenters. The highest BCUT2D eigenvalue weighted by atomic mass is 35.5. The van der Waals surface area contributed by atoms with Crippen LogP contribution in [0.2, 0.25) is 10.0 Å². The van der Waals surface area contributed by atoms with Crippen LogP contribution in [-0.2, 0) is 26.2 Å². The number of sulfonamides is 1. The maximum absolute atomic E-state index is 13.9. The van der Waals surface area contributed by atoms with Gasteiger partial charge in [0.15, 0.2) is 0 Å². The smallest absolute Gasteiger partial charge is 0.264 e. The van der Waals surface area contributed by atoms with Gasteiger partial charge >= 0.3 is 0 Å². The van der Waals surface area contributed by atoms with Gasteiger partial charge in [0.2, 0.25) is 11.8 Å². The van der Waals surface area contributed by atoms with Gasteiger partial charge in [-0.25, -0.2) is 8.42 Å². The van der Waals surface area contributed by atoms with Crippen molar-refractivity contribution in [1.29, 1.82) is 0 Å². The SMILES string of the molecule is CNC(=O)[C@@H](C)N(Cc1ccc(Cl)cc1Cl)C(=O)CN(c1cccc(C)c1C)S(=O)(=O)c1ccc(C)cc1. The lowest BCUT2D eigenvalue weighted by Gasteiger charge is -2.32. The Morgan fingerprint density at radius 2 is 1.63 bits per heavy atom. The molecule has 0 aromatic heterocycles. The molecule has 38 heavy (non-hydrogen) atoms. The second-order valence-corrected chi connectivity index (χ2v) is 11.8. The van der Waals surface area contributed by atoms with Gasteiger partial charge in [-0.1, -0.05) is 59.1 Å². The molecule has 10 heteroatoms. The Balaban J connectivity index is 2.09. The van der Waals surface area contributed by atoms with Gasteiger partial charge in [0.05, 0.1) is 10.6 Å². The predicted octanol–water partition coefficient (Wildman–Crippen LogP) is 5.28. The number of benzene rings is 3. The first-order valence-corrected chi connectivity index (χ1v) is 14.2. The van der Waals surface area contributed by atoms with Crippen molar-refractivity contribution >= 4 is 50.7 Å². The maximum Gasteiger partial charge on any atom is 0.264 e. The van der Waals surface area contributed by atoms with Crippen molar-refractivity contribution in [2.24, 2.45) is 0 Å². The lowest BCUT2D eigenvalue weighted by molar-refractivity contribution is -0.139. The zero-order valence-electron chi connectivity index (χ0n) is 22.0. The van der Waals surface area contributed by atoms with Gasteiger partial charge < -0.3 is 10.2 Å². The summed E-state index contributed by atoms with van der Waals surface area (Å²) in [6.07, 6.45) is 0. The van der Waals surface area contributed by atoms with E-state index in [-0.39, 0.29) is 11.4 Å². The topological polar surface area (TPSA) is 86.8 Å². The van der Waals surface area contributed by atoms with Gasteiger partial charge in [0.25, 0.3) is 10.0 Å². The third kappa shape index (κ3) is 6.49. The largest absolute Gasteiger partial charge is 0.357 e. The zero-order valence-corrected chi connectivity index (χ0v) is 24.3. The molecular formula is C28H31Cl2N3O4S. The minimum absolute atomic E-state index is 0.0192. The van der Waals surface area contributed by atoms with Gasteiger partial charge in [-0.2, -0.15) is 0 Å². The van der Waals surface area contributed by atoms with Crippen LogP contribution < -0.4 is 9.62 Å². The highest BCUT2D eigenvalue weighted by Crippen LogP contribution is 2.30. The first-order valence-electron chi connectivity index (χ1n) is 12.0.